The highest BCUT2D eigenvalue weighted by Gasteiger charge is 2.23. The lowest BCUT2D eigenvalue weighted by Gasteiger charge is -2.32. The number of aromatic nitrogens is 2. The van der Waals surface area contributed by atoms with Gasteiger partial charge in [-0.25, -0.2) is 9.97 Å². The summed E-state index contributed by atoms with van der Waals surface area (Å²) in [5.74, 6) is 2.14. The molecule has 1 aromatic rings. The summed E-state index contributed by atoms with van der Waals surface area (Å²) in [5, 5.41) is 12.8. The molecule has 3 atom stereocenters. The molecule has 3 unspecified atom stereocenters. The van der Waals surface area contributed by atoms with E-state index in [4.69, 9.17) is 4.74 Å². The number of hydrogen-bond acceptors (Lipinski definition) is 6. The van der Waals surface area contributed by atoms with E-state index in [0.717, 1.165) is 57.0 Å². The van der Waals surface area contributed by atoms with Crippen LogP contribution in [-0.4, -0.2) is 53.5 Å². The molecule has 122 valence electrons. The van der Waals surface area contributed by atoms with E-state index in [9.17, 15) is 5.11 Å². The highest BCUT2D eigenvalue weighted by molar-refractivity contribution is 5.49. The second kappa shape index (κ2) is 7.24. The molecule has 0 radical (unpaired) electrons. The molecule has 22 heavy (non-hydrogen) atoms. The van der Waals surface area contributed by atoms with Crippen molar-refractivity contribution in [2.24, 2.45) is 5.92 Å². The largest absolute Gasteiger partial charge is 0.396 e. The summed E-state index contributed by atoms with van der Waals surface area (Å²) in [7, 11) is 0. The van der Waals surface area contributed by atoms with Gasteiger partial charge in [-0.2, -0.15) is 0 Å². The first kappa shape index (κ1) is 15.5. The molecule has 6 heteroatoms. The zero-order valence-corrected chi connectivity index (χ0v) is 13.2. The maximum Gasteiger partial charge on any atom is 0.134 e. The van der Waals surface area contributed by atoms with Crippen molar-refractivity contribution in [1.29, 1.82) is 0 Å². The molecule has 2 saturated heterocycles. The first-order chi connectivity index (χ1) is 10.8. The second-order valence-electron chi connectivity index (χ2n) is 6.38. The van der Waals surface area contributed by atoms with Gasteiger partial charge in [0.1, 0.15) is 18.0 Å². The molecule has 3 heterocycles. The number of anilines is 2. The first-order valence-electron chi connectivity index (χ1n) is 8.32. The number of aliphatic hydroxyl groups is 1. The van der Waals surface area contributed by atoms with E-state index < -0.39 is 0 Å². The van der Waals surface area contributed by atoms with Crippen LogP contribution >= 0.6 is 0 Å². The van der Waals surface area contributed by atoms with Crippen LogP contribution in [0, 0.1) is 5.92 Å². The molecule has 1 aromatic heterocycles. The van der Waals surface area contributed by atoms with Crippen molar-refractivity contribution < 1.29 is 9.84 Å². The number of aliphatic hydroxyl groups excluding tert-OH is 1. The molecule has 0 amide bonds. The van der Waals surface area contributed by atoms with E-state index in [-0.39, 0.29) is 18.8 Å². The summed E-state index contributed by atoms with van der Waals surface area (Å²) in [6, 6.07) is 2.25. The summed E-state index contributed by atoms with van der Waals surface area (Å²) < 4.78 is 5.72. The molecule has 2 aliphatic rings. The van der Waals surface area contributed by atoms with Gasteiger partial charge in [0.05, 0.1) is 12.1 Å². The normalized spacial score (nSPS) is 26.9. The number of piperidine rings is 1. The first-order valence-corrected chi connectivity index (χ1v) is 8.32. The van der Waals surface area contributed by atoms with Crippen LogP contribution < -0.4 is 10.2 Å². The van der Waals surface area contributed by atoms with Crippen molar-refractivity contribution in [2.75, 3.05) is 36.5 Å². The molecule has 3 rings (SSSR count). The highest BCUT2D eigenvalue weighted by atomic mass is 16.5. The maximum absolute atomic E-state index is 9.36. The summed E-state index contributed by atoms with van der Waals surface area (Å²) in [4.78, 5) is 11.0. The standard InChI is InChI=1S/C16H26N4O2/c1-12(14-5-3-7-22-14)19-15-8-16(18-11-17-15)20-6-2-4-13(9-20)10-21/h8,11-14,21H,2-7,9-10H2,1H3,(H,17,18,19). The van der Waals surface area contributed by atoms with E-state index >= 15 is 0 Å². The monoisotopic (exact) mass is 306 g/mol. The fraction of sp³-hybridized carbons (Fsp3) is 0.750. The van der Waals surface area contributed by atoms with Crippen molar-refractivity contribution in [3.63, 3.8) is 0 Å². The summed E-state index contributed by atoms with van der Waals surface area (Å²) in [6.45, 7) is 5.12. The van der Waals surface area contributed by atoms with Crippen molar-refractivity contribution in [3.8, 4) is 0 Å². The third kappa shape index (κ3) is 3.67. The SMILES string of the molecule is CC(Nc1cc(N2CCCC(CO)C2)ncn1)C1CCCO1. The molecular weight excluding hydrogens is 280 g/mol. The van der Waals surface area contributed by atoms with E-state index in [1.165, 1.54) is 0 Å². The quantitative estimate of drug-likeness (QED) is 0.862. The van der Waals surface area contributed by atoms with Crippen molar-refractivity contribution in [3.05, 3.63) is 12.4 Å². The Hall–Kier alpha value is -1.40. The Morgan fingerprint density at radius 1 is 1.41 bits per heavy atom. The Labute approximate surface area is 131 Å². The molecule has 2 N–H and O–H groups in total. The van der Waals surface area contributed by atoms with Crippen LogP contribution in [-0.2, 0) is 4.74 Å². The fourth-order valence-electron chi connectivity index (χ4n) is 3.34. The Kier molecular flexibility index (Phi) is 5.10. The third-order valence-corrected chi connectivity index (χ3v) is 4.65. The van der Waals surface area contributed by atoms with Gasteiger partial charge in [-0.1, -0.05) is 0 Å². The van der Waals surface area contributed by atoms with Crippen LogP contribution in [0.15, 0.2) is 12.4 Å². The molecule has 0 aromatic carbocycles. The molecule has 2 fully saturated rings. The van der Waals surface area contributed by atoms with Gasteiger partial charge in [0.2, 0.25) is 0 Å². The molecule has 0 saturated carbocycles. The van der Waals surface area contributed by atoms with E-state index in [2.05, 4.69) is 27.1 Å². The van der Waals surface area contributed by atoms with Gasteiger partial charge in [0, 0.05) is 32.4 Å². The number of nitrogens with one attached hydrogen (secondary N) is 1. The lowest BCUT2D eigenvalue weighted by molar-refractivity contribution is 0.0995. The van der Waals surface area contributed by atoms with E-state index in [1.807, 2.05) is 6.07 Å². The van der Waals surface area contributed by atoms with Crippen molar-refractivity contribution >= 4 is 11.6 Å². The maximum atomic E-state index is 9.36. The molecule has 2 aliphatic heterocycles. The molecule has 6 nitrogen and oxygen atoms in total. The molecule has 0 aliphatic carbocycles. The van der Waals surface area contributed by atoms with Crippen molar-refractivity contribution in [1.82, 2.24) is 9.97 Å². The molecule has 0 spiro atoms. The van der Waals surface area contributed by atoms with Gasteiger partial charge in [-0.15, -0.1) is 0 Å². The lowest BCUT2D eigenvalue weighted by Crippen LogP contribution is -2.37. The predicted molar refractivity (Wildman–Crippen MR) is 86.1 cm³/mol. The average Bonchev–Trinajstić information content (AvgIpc) is 3.10. The number of nitrogens with zero attached hydrogens (tertiary/aromatic N) is 3. The van der Waals surface area contributed by atoms with Crippen LogP contribution in [0.3, 0.4) is 0 Å². The fourth-order valence-corrected chi connectivity index (χ4v) is 3.34. The number of hydrogen-bond donors (Lipinski definition) is 2. The van der Waals surface area contributed by atoms with Gasteiger partial charge in [0.15, 0.2) is 0 Å². The summed E-state index contributed by atoms with van der Waals surface area (Å²) in [6.07, 6.45) is 6.33. The van der Waals surface area contributed by atoms with Gasteiger partial charge in [-0.05, 0) is 38.5 Å². The van der Waals surface area contributed by atoms with Crippen molar-refractivity contribution in [2.45, 2.75) is 44.8 Å². The zero-order chi connectivity index (χ0) is 15.4. The van der Waals surface area contributed by atoms with Crippen LogP contribution in [0.5, 0.6) is 0 Å². The minimum absolute atomic E-state index is 0.247. The number of ether oxygens (including phenoxy) is 1. The van der Waals surface area contributed by atoms with Crippen LogP contribution in [0.2, 0.25) is 0 Å². The van der Waals surface area contributed by atoms with Gasteiger partial charge >= 0.3 is 0 Å². The Bertz CT molecular complexity index is 479. The molecular formula is C16H26N4O2. The summed E-state index contributed by atoms with van der Waals surface area (Å²) in [5.41, 5.74) is 0. The minimum atomic E-state index is 0.247. The van der Waals surface area contributed by atoms with E-state index in [1.54, 1.807) is 6.33 Å². The topological polar surface area (TPSA) is 70.5 Å². The summed E-state index contributed by atoms with van der Waals surface area (Å²) >= 11 is 0. The smallest absolute Gasteiger partial charge is 0.134 e. The Morgan fingerprint density at radius 2 is 2.32 bits per heavy atom. The zero-order valence-electron chi connectivity index (χ0n) is 13.2. The Morgan fingerprint density at radius 3 is 3.09 bits per heavy atom. The third-order valence-electron chi connectivity index (χ3n) is 4.65. The van der Waals surface area contributed by atoms with Crippen LogP contribution in [0.1, 0.15) is 32.6 Å². The number of rotatable bonds is 5. The van der Waals surface area contributed by atoms with Gasteiger partial charge in [0.25, 0.3) is 0 Å². The average molecular weight is 306 g/mol. The highest BCUT2D eigenvalue weighted by Crippen LogP contribution is 2.23. The lowest BCUT2D eigenvalue weighted by atomic mass is 9.99. The molecule has 0 bridgehead atoms. The second-order valence-corrected chi connectivity index (χ2v) is 6.38. The van der Waals surface area contributed by atoms with Crippen LogP contribution in [0.25, 0.3) is 0 Å². The van der Waals surface area contributed by atoms with Crippen LogP contribution in [0.4, 0.5) is 11.6 Å². The Balaban J connectivity index is 1.64. The van der Waals surface area contributed by atoms with Gasteiger partial charge in [-0.3, -0.25) is 0 Å². The van der Waals surface area contributed by atoms with E-state index in [0.29, 0.717) is 5.92 Å². The predicted octanol–water partition coefficient (Wildman–Crippen LogP) is 1.66. The minimum Gasteiger partial charge on any atom is -0.396 e. The van der Waals surface area contributed by atoms with Gasteiger partial charge < -0.3 is 20.1 Å².